The van der Waals surface area contributed by atoms with Crippen LogP contribution in [-0.4, -0.2) is 20.1 Å². The lowest BCUT2D eigenvalue weighted by atomic mass is 10.1. The summed E-state index contributed by atoms with van der Waals surface area (Å²) in [6, 6.07) is 9.54. The zero-order valence-corrected chi connectivity index (χ0v) is 11.4. The van der Waals surface area contributed by atoms with Gasteiger partial charge in [0.1, 0.15) is 0 Å². The van der Waals surface area contributed by atoms with Gasteiger partial charge in [-0.05, 0) is 38.0 Å². The fourth-order valence-corrected chi connectivity index (χ4v) is 1.90. The molecule has 0 radical (unpaired) electrons. The minimum absolute atomic E-state index is 0.376. The summed E-state index contributed by atoms with van der Waals surface area (Å²) in [5, 5.41) is 3.56. The Morgan fingerprint density at radius 1 is 1.24 bits per heavy atom. The second-order valence-electron chi connectivity index (χ2n) is 4.80. The molecule has 0 aliphatic heterocycles. The predicted molar refractivity (Wildman–Crippen MR) is 76.6 cm³/mol. The van der Waals surface area contributed by atoms with E-state index in [1.165, 1.54) is 11.3 Å². The second kappa shape index (κ2) is 6.45. The number of hydrogen-bond donors (Lipinski definition) is 1. The van der Waals surface area contributed by atoms with Gasteiger partial charge in [-0.3, -0.25) is 0 Å². The molecule has 2 unspecified atom stereocenters. The van der Waals surface area contributed by atoms with Crippen LogP contribution in [0.3, 0.4) is 0 Å². The van der Waals surface area contributed by atoms with Gasteiger partial charge in [-0.1, -0.05) is 18.2 Å². The lowest BCUT2D eigenvalue weighted by Crippen LogP contribution is -2.28. The summed E-state index contributed by atoms with van der Waals surface area (Å²) >= 11 is 0. The Kier molecular flexibility index (Phi) is 5.23. The molecule has 17 heavy (non-hydrogen) atoms. The van der Waals surface area contributed by atoms with Crippen LogP contribution in [0.1, 0.15) is 31.9 Å². The summed E-state index contributed by atoms with van der Waals surface area (Å²) in [5.74, 6) is 0. The van der Waals surface area contributed by atoms with Gasteiger partial charge in [0.25, 0.3) is 0 Å². The van der Waals surface area contributed by atoms with E-state index in [0.29, 0.717) is 12.1 Å². The lowest BCUT2D eigenvalue weighted by Gasteiger charge is -2.20. The van der Waals surface area contributed by atoms with Crippen LogP contribution in [0.5, 0.6) is 0 Å². The number of nitrogens with zero attached hydrogens (tertiary/aromatic N) is 1. The van der Waals surface area contributed by atoms with Gasteiger partial charge in [-0.25, -0.2) is 0 Å². The first-order valence-corrected chi connectivity index (χ1v) is 6.18. The van der Waals surface area contributed by atoms with Crippen LogP contribution < -0.4 is 10.2 Å². The summed E-state index contributed by atoms with van der Waals surface area (Å²) in [6.07, 6.45) is 2.96. The van der Waals surface area contributed by atoms with Gasteiger partial charge in [-0.15, -0.1) is 6.58 Å². The highest BCUT2D eigenvalue weighted by atomic mass is 15.1. The predicted octanol–water partition coefficient (Wildman–Crippen LogP) is 3.37. The van der Waals surface area contributed by atoms with E-state index in [0.717, 1.165) is 6.42 Å². The van der Waals surface area contributed by atoms with Crippen molar-refractivity contribution in [3.63, 3.8) is 0 Å². The Morgan fingerprint density at radius 3 is 2.29 bits per heavy atom. The highest BCUT2D eigenvalue weighted by molar-refractivity contribution is 5.46. The molecule has 0 saturated carbocycles. The quantitative estimate of drug-likeness (QED) is 0.757. The molecule has 0 aliphatic rings. The highest BCUT2D eigenvalue weighted by Crippen LogP contribution is 2.18. The molecule has 0 bridgehead atoms. The van der Waals surface area contributed by atoms with Crippen molar-refractivity contribution < 1.29 is 0 Å². The average Bonchev–Trinajstić information content (AvgIpc) is 2.29. The number of benzene rings is 1. The SMILES string of the molecule is C=CCC(C)NC(C)c1ccc(N(C)C)cc1. The Morgan fingerprint density at radius 2 is 1.82 bits per heavy atom. The maximum absolute atomic E-state index is 3.77. The Hall–Kier alpha value is -1.28. The van der Waals surface area contributed by atoms with Gasteiger partial charge in [0, 0.05) is 31.9 Å². The zero-order valence-electron chi connectivity index (χ0n) is 11.4. The van der Waals surface area contributed by atoms with Crippen molar-refractivity contribution >= 4 is 5.69 Å². The average molecular weight is 232 g/mol. The van der Waals surface area contributed by atoms with E-state index in [4.69, 9.17) is 0 Å². The molecule has 1 aromatic rings. The Labute approximate surface area is 105 Å². The maximum atomic E-state index is 3.77. The van der Waals surface area contributed by atoms with Crippen LogP contribution in [0.15, 0.2) is 36.9 Å². The number of anilines is 1. The first-order chi connectivity index (χ1) is 8.04. The third kappa shape index (κ3) is 4.23. The third-order valence-electron chi connectivity index (χ3n) is 2.96. The Balaban J connectivity index is 2.63. The molecule has 0 aliphatic carbocycles. The molecule has 0 aromatic heterocycles. The zero-order chi connectivity index (χ0) is 12.8. The largest absolute Gasteiger partial charge is 0.378 e. The number of rotatable bonds is 6. The normalized spacial score (nSPS) is 14.1. The monoisotopic (exact) mass is 232 g/mol. The van der Waals surface area contributed by atoms with Crippen molar-refractivity contribution in [2.24, 2.45) is 0 Å². The summed E-state index contributed by atoms with van der Waals surface area (Å²) in [5.41, 5.74) is 2.56. The van der Waals surface area contributed by atoms with Crippen molar-refractivity contribution in [3.05, 3.63) is 42.5 Å². The number of hydrogen-bond acceptors (Lipinski definition) is 2. The molecular weight excluding hydrogens is 208 g/mol. The van der Waals surface area contributed by atoms with Crippen LogP contribution in [0.2, 0.25) is 0 Å². The van der Waals surface area contributed by atoms with Gasteiger partial charge in [0.15, 0.2) is 0 Å². The van der Waals surface area contributed by atoms with E-state index in [9.17, 15) is 0 Å². The first kappa shape index (κ1) is 13.8. The van der Waals surface area contributed by atoms with Crippen molar-refractivity contribution in [2.75, 3.05) is 19.0 Å². The van der Waals surface area contributed by atoms with Gasteiger partial charge >= 0.3 is 0 Å². The molecule has 2 atom stereocenters. The molecule has 0 saturated heterocycles. The molecule has 2 nitrogen and oxygen atoms in total. The van der Waals surface area contributed by atoms with Crippen LogP contribution in [0.25, 0.3) is 0 Å². The topological polar surface area (TPSA) is 15.3 Å². The van der Waals surface area contributed by atoms with Crippen molar-refractivity contribution in [1.82, 2.24) is 5.32 Å². The van der Waals surface area contributed by atoms with E-state index < -0.39 is 0 Å². The third-order valence-corrected chi connectivity index (χ3v) is 2.96. The molecule has 0 amide bonds. The molecular formula is C15H24N2. The molecule has 1 N–H and O–H groups in total. The molecule has 0 fully saturated rings. The van der Waals surface area contributed by atoms with Crippen LogP contribution in [-0.2, 0) is 0 Å². The van der Waals surface area contributed by atoms with E-state index >= 15 is 0 Å². The van der Waals surface area contributed by atoms with Crippen molar-refractivity contribution in [2.45, 2.75) is 32.4 Å². The smallest absolute Gasteiger partial charge is 0.0361 e. The standard InChI is InChI=1S/C15H24N2/c1-6-7-12(2)16-13(3)14-8-10-15(11-9-14)17(4)5/h6,8-13,16H,1,7H2,2-5H3. The second-order valence-corrected chi connectivity index (χ2v) is 4.80. The van der Waals surface area contributed by atoms with Crippen LogP contribution in [0.4, 0.5) is 5.69 Å². The molecule has 94 valence electrons. The fraction of sp³-hybridized carbons (Fsp3) is 0.467. The van der Waals surface area contributed by atoms with Crippen molar-refractivity contribution in [1.29, 1.82) is 0 Å². The summed E-state index contributed by atoms with van der Waals surface area (Å²) in [4.78, 5) is 2.11. The number of nitrogens with one attached hydrogen (secondary N) is 1. The van der Waals surface area contributed by atoms with Crippen LogP contribution in [0, 0.1) is 0 Å². The highest BCUT2D eigenvalue weighted by Gasteiger charge is 2.08. The van der Waals surface area contributed by atoms with E-state index in [-0.39, 0.29) is 0 Å². The fourth-order valence-electron chi connectivity index (χ4n) is 1.90. The minimum Gasteiger partial charge on any atom is -0.378 e. The lowest BCUT2D eigenvalue weighted by molar-refractivity contribution is 0.482. The molecule has 0 spiro atoms. The molecule has 1 aromatic carbocycles. The summed E-state index contributed by atoms with van der Waals surface area (Å²) in [6.45, 7) is 8.15. The van der Waals surface area contributed by atoms with E-state index in [2.05, 4.69) is 69.0 Å². The maximum Gasteiger partial charge on any atom is 0.0361 e. The van der Waals surface area contributed by atoms with Gasteiger partial charge in [0.2, 0.25) is 0 Å². The summed E-state index contributed by atoms with van der Waals surface area (Å²) in [7, 11) is 4.12. The Bertz CT molecular complexity index is 340. The van der Waals surface area contributed by atoms with Crippen LogP contribution >= 0.6 is 0 Å². The van der Waals surface area contributed by atoms with Gasteiger partial charge in [-0.2, -0.15) is 0 Å². The van der Waals surface area contributed by atoms with E-state index in [1.54, 1.807) is 0 Å². The van der Waals surface area contributed by atoms with Gasteiger partial charge < -0.3 is 10.2 Å². The van der Waals surface area contributed by atoms with Crippen molar-refractivity contribution in [3.8, 4) is 0 Å². The first-order valence-electron chi connectivity index (χ1n) is 6.18. The molecule has 1 rings (SSSR count). The molecule has 0 heterocycles. The molecule has 2 heteroatoms. The minimum atomic E-state index is 0.376. The van der Waals surface area contributed by atoms with Gasteiger partial charge in [0.05, 0.1) is 0 Å². The summed E-state index contributed by atoms with van der Waals surface area (Å²) < 4.78 is 0. The van der Waals surface area contributed by atoms with E-state index in [1.807, 2.05) is 6.08 Å².